The maximum atomic E-state index is 2.40. The largest absolute Gasteiger partial charge is 0.0654 e. The molecule has 0 saturated heterocycles. The Bertz CT molecular complexity index is 634. The van der Waals surface area contributed by atoms with E-state index in [9.17, 15) is 0 Å². The van der Waals surface area contributed by atoms with E-state index >= 15 is 0 Å². The lowest BCUT2D eigenvalue weighted by molar-refractivity contribution is 0.754. The zero-order valence-electron chi connectivity index (χ0n) is 18.9. The predicted octanol–water partition coefficient (Wildman–Crippen LogP) is 8.72. The van der Waals surface area contributed by atoms with Gasteiger partial charge in [0.15, 0.2) is 0 Å². The third-order valence-corrected chi connectivity index (χ3v) is 6.00. The summed E-state index contributed by atoms with van der Waals surface area (Å²) in [5.74, 6) is 0. The highest BCUT2D eigenvalue weighted by molar-refractivity contribution is 5.73. The molecule has 0 saturated carbocycles. The summed E-state index contributed by atoms with van der Waals surface area (Å²) in [5, 5.41) is 0. The van der Waals surface area contributed by atoms with E-state index < -0.39 is 0 Å². The third kappa shape index (κ3) is 6.23. The highest BCUT2D eigenvalue weighted by Crippen LogP contribution is 2.34. The van der Waals surface area contributed by atoms with Crippen molar-refractivity contribution in [1.82, 2.24) is 0 Å². The van der Waals surface area contributed by atoms with Gasteiger partial charge in [-0.2, -0.15) is 0 Å². The minimum Gasteiger partial charge on any atom is -0.0654 e. The summed E-state index contributed by atoms with van der Waals surface area (Å²) < 4.78 is 0. The van der Waals surface area contributed by atoms with Gasteiger partial charge in [-0.25, -0.2) is 0 Å². The van der Waals surface area contributed by atoms with Gasteiger partial charge >= 0.3 is 0 Å². The van der Waals surface area contributed by atoms with Crippen LogP contribution in [0.4, 0.5) is 0 Å². The predicted molar refractivity (Wildman–Crippen MR) is 126 cm³/mol. The molecule has 154 valence electrons. The lowest BCUT2D eigenvalue weighted by Gasteiger charge is -2.20. The summed E-state index contributed by atoms with van der Waals surface area (Å²) in [5.41, 5.74) is 9.48. The maximum absolute atomic E-state index is 2.40. The van der Waals surface area contributed by atoms with Crippen molar-refractivity contribution in [2.24, 2.45) is 0 Å². The number of aryl methyl sites for hydroxylation is 2. The van der Waals surface area contributed by atoms with Crippen molar-refractivity contribution in [3.05, 3.63) is 58.7 Å². The van der Waals surface area contributed by atoms with Crippen molar-refractivity contribution in [3.63, 3.8) is 0 Å². The van der Waals surface area contributed by atoms with Crippen LogP contribution in [0.3, 0.4) is 0 Å². The van der Waals surface area contributed by atoms with Crippen LogP contribution in [0.2, 0.25) is 0 Å². The molecule has 0 unspecified atom stereocenters. The molecular weight excluding hydrogens is 336 g/mol. The summed E-state index contributed by atoms with van der Waals surface area (Å²) in [6.07, 6.45) is 15.1. The monoisotopic (exact) mass is 378 g/mol. The number of benzene rings is 2. The van der Waals surface area contributed by atoms with Gasteiger partial charge in [-0.15, -0.1) is 0 Å². The molecular formula is C28H42. The first-order chi connectivity index (χ1) is 13.8. The van der Waals surface area contributed by atoms with E-state index in [1.807, 2.05) is 0 Å². The SMILES string of the molecule is CCCCc1cccc(-c2cccc(CCCC)c2CCCC)c1CCCC. The first-order valence-electron chi connectivity index (χ1n) is 12.0. The van der Waals surface area contributed by atoms with Gasteiger partial charge in [0.1, 0.15) is 0 Å². The summed E-state index contributed by atoms with van der Waals surface area (Å²) >= 11 is 0. The van der Waals surface area contributed by atoms with Gasteiger partial charge in [-0.1, -0.05) is 89.8 Å². The summed E-state index contributed by atoms with van der Waals surface area (Å²) in [7, 11) is 0. The van der Waals surface area contributed by atoms with Crippen LogP contribution in [0.1, 0.15) is 101 Å². The van der Waals surface area contributed by atoms with E-state index in [1.54, 1.807) is 22.3 Å². The van der Waals surface area contributed by atoms with Crippen molar-refractivity contribution in [2.45, 2.75) is 105 Å². The Kier molecular flexibility index (Phi) is 10.4. The van der Waals surface area contributed by atoms with Crippen molar-refractivity contribution in [1.29, 1.82) is 0 Å². The molecule has 2 aromatic rings. The first-order valence-corrected chi connectivity index (χ1v) is 12.0. The Hall–Kier alpha value is -1.56. The second-order valence-electron chi connectivity index (χ2n) is 8.30. The molecule has 2 aromatic carbocycles. The fourth-order valence-electron chi connectivity index (χ4n) is 4.27. The van der Waals surface area contributed by atoms with Crippen LogP contribution in [0.25, 0.3) is 11.1 Å². The van der Waals surface area contributed by atoms with E-state index in [1.165, 1.54) is 88.2 Å². The molecule has 0 amide bonds. The standard InChI is InChI=1S/C28H42/c1-5-9-15-23-17-13-21-27(25(23)19-11-7-3)28-22-14-18-24(16-10-6-2)26(28)20-12-8-4/h13-14,17-18,21-22H,5-12,15-16,19-20H2,1-4H3. The van der Waals surface area contributed by atoms with Crippen LogP contribution in [-0.2, 0) is 25.7 Å². The van der Waals surface area contributed by atoms with Crippen LogP contribution < -0.4 is 0 Å². The fraction of sp³-hybridized carbons (Fsp3) is 0.571. The van der Waals surface area contributed by atoms with E-state index in [0.717, 1.165) is 0 Å². The minimum atomic E-state index is 1.22. The zero-order valence-corrected chi connectivity index (χ0v) is 18.9. The van der Waals surface area contributed by atoms with Crippen molar-refractivity contribution in [2.75, 3.05) is 0 Å². The molecule has 0 aliphatic rings. The molecule has 0 nitrogen and oxygen atoms in total. The second kappa shape index (κ2) is 12.8. The van der Waals surface area contributed by atoms with Gasteiger partial charge in [-0.3, -0.25) is 0 Å². The number of rotatable bonds is 13. The average Bonchev–Trinajstić information content (AvgIpc) is 2.73. The van der Waals surface area contributed by atoms with Crippen LogP contribution in [-0.4, -0.2) is 0 Å². The normalized spacial score (nSPS) is 11.1. The van der Waals surface area contributed by atoms with Crippen LogP contribution in [0.5, 0.6) is 0 Å². The Morgan fingerprint density at radius 2 is 0.821 bits per heavy atom. The number of unbranched alkanes of at least 4 members (excludes halogenated alkanes) is 4. The Morgan fingerprint density at radius 1 is 0.464 bits per heavy atom. The molecule has 2 rings (SSSR count). The summed E-state index contributed by atoms with van der Waals surface area (Å²) in [6.45, 7) is 9.23. The molecule has 0 fully saturated rings. The first kappa shape index (κ1) is 22.7. The van der Waals surface area contributed by atoms with Crippen molar-refractivity contribution in [3.8, 4) is 11.1 Å². The summed E-state index contributed by atoms with van der Waals surface area (Å²) in [6, 6.07) is 14.2. The van der Waals surface area contributed by atoms with Crippen LogP contribution >= 0.6 is 0 Å². The number of hydrogen-bond donors (Lipinski definition) is 0. The lowest BCUT2D eigenvalue weighted by atomic mass is 9.85. The second-order valence-corrected chi connectivity index (χ2v) is 8.30. The molecule has 0 radical (unpaired) electrons. The zero-order chi connectivity index (χ0) is 20.2. The molecule has 0 atom stereocenters. The fourth-order valence-corrected chi connectivity index (χ4v) is 4.27. The molecule has 0 aliphatic heterocycles. The van der Waals surface area contributed by atoms with Crippen LogP contribution in [0, 0.1) is 0 Å². The van der Waals surface area contributed by atoms with Gasteiger partial charge in [0.05, 0.1) is 0 Å². The lowest BCUT2D eigenvalue weighted by Crippen LogP contribution is -2.03. The molecule has 0 heteroatoms. The van der Waals surface area contributed by atoms with Gasteiger partial charge in [0.25, 0.3) is 0 Å². The number of hydrogen-bond acceptors (Lipinski definition) is 0. The highest BCUT2D eigenvalue weighted by atomic mass is 14.2. The topological polar surface area (TPSA) is 0 Å². The Labute approximate surface area is 174 Å². The van der Waals surface area contributed by atoms with Gasteiger partial charge in [0.2, 0.25) is 0 Å². The molecule has 0 aromatic heterocycles. The minimum absolute atomic E-state index is 1.22. The third-order valence-electron chi connectivity index (χ3n) is 6.00. The van der Waals surface area contributed by atoms with E-state index in [0.29, 0.717) is 0 Å². The molecule has 0 spiro atoms. The van der Waals surface area contributed by atoms with Gasteiger partial charge < -0.3 is 0 Å². The van der Waals surface area contributed by atoms with E-state index in [4.69, 9.17) is 0 Å². The average molecular weight is 379 g/mol. The molecule has 0 aliphatic carbocycles. The Balaban J connectivity index is 2.54. The molecule has 0 bridgehead atoms. The molecule has 28 heavy (non-hydrogen) atoms. The van der Waals surface area contributed by atoms with Crippen molar-refractivity contribution < 1.29 is 0 Å². The van der Waals surface area contributed by atoms with Crippen molar-refractivity contribution >= 4 is 0 Å². The highest BCUT2D eigenvalue weighted by Gasteiger charge is 2.15. The van der Waals surface area contributed by atoms with Gasteiger partial charge in [-0.05, 0) is 84.7 Å². The molecule has 0 heterocycles. The van der Waals surface area contributed by atoms with Gasteiger partial charge in [0, 0.05) is 0 Å². The quantitative estimate of drug-likeness (QED) is 0.327. The van der Waals surface area contributed by atoms with E-state index in [-0.39, 0.29) is 0 Å². The Morgan fingerprint density at radius 3 is 1.18 bits per heavy atom. The maximum Gasteiger partial charge on any atom is -0.0146 e. The van der Waals surface area contributed by atoms with Crippen LogP contribution in [0.15, 0.2) is 36.4 Å². The smallest absolute Gasteiger partial charge is 0.0146 e. The molecule has 0 N–H and O–H groups in total. The summed E-state index contributed by atoms with van der Waals surface area (Å²) in [4.78, 5) is 0. The van der Waals surface area contributed by atoms with E-state index in [2.05, 4.69) is 64.1 Å².